The van der Waals surface area contributed by atoms with Gasteiger partial charge in [0.05, 0.1) is 12.2 Å². The molecule has 2 aromatic rings. The maximum atomic E-state index is 12.7. The third kappa shape index (κ3) is 3.76. The van der Waals surface area contributed by atoms with Gasteiger partial charge < -0.3 is 9.84 Å². The molecular formula is C19H17NO4. The van der Waals surface area contributed by atoms with Gasteiger partial charge in [0.2, 0.25) is 0 Å². The van der Waals surface area contributed by atoms with Crippen LogP contribution in [-0.4, -0.2) is 29.2 Å². The van der Waals surface area contributed by atoms with Gasteiger partial charge in [-0.05, 0) is 6.92 Å². The number of ketones is 1. The van der Waals surface area contributed by atoms with Gasteiger partial charge in [0, 0.05) is 11.1 Å². The monoisotopic (exact) mass is 323 g/mol. The molecule has 0 aliphatic heterocycles. The summed E-state index contributed by atoms with van der Waals surface area (Å²) in [5, 5.41) is 18.5. The molecule has 0 radical (unpaired) electrons. The van der Waals surface area contributed by atoms with Gasteiger partial charge in [-0.2, -0.15) is 0 Å². The van der Waals surface area contributed by atoms with Crippen LogP contribution in [0.2, 0.25) is 0 Å². The third-order valence-electron chi connectivity index (χ3n) is 3.28. The number of benzene rings is 2. The molecule has 5 heteroatoms. The molecule has 5 nitrogen and oxygen atoms in total. The Kier molecular flexibility index (Phi) is 5.63. The number of aliphatic hydroxyl groups is 1. The second kappa shape index (κ2) is 7.87. The molecule has 0 amide bonds. The summed E-state index contributed by atoms with van der Waals surface area (Å²) in [5.41, 5.74) is -0.451. The van der Waals surface area contributed by atoms with Crippen molar-refractivity contribution in [3.8, 4) is 0 Å². The average Bonchev–Trinajstić information content (AvgIpc) is 2.63. The molecule has 24 heavy (non-hydrogen) atoms. The van der Waals surface area contributed by atoms with Crippen LogP contribution in [0.5, 0.6) is 0 Å². The predicted molar refractivity (Wildman–Crippen MR) is 91.1 cm³/mol. The van der Waals surface area contributed by atoms with E-state index in [1.165, 1.54) is 0 Å². The molecule has 2 N–H and O–H groups in total. The largest absolute Gasteiger partial charge is 0.506 e. The minimum Gasteiger partial charge on any atom is -0.506 e. The van der Waals surface area contributed by atoms with Gasteiger partial charge in [-0.15, -0.1) is 0 Å². The van der Waals surface area contributed by atoms with Crippen LogP contribution in [0.4, 0.5) is 0 Å². The average molecular weight is 323 g/mol. The molecule has 0 atom stereocenters. The Hall–Kier alpha value is -3.21. The standard InChI is InChI=1S/C19H17NO4/c1-2-24-19(23)16(20)15(17(21)13-9-5-3-6-10-13)18(22)14-11-7-4-8-12-14/h3-12,20-21H,2H2,1H3/b17-15-,20-16?. The van der Waals surface area contributed by atoms with Crippen LogP contribution in [0.1, 0.15) is 22.8 Å². The normalized spacial score (nSPS) is 11.4. The fourth-order valence-electron chi connectivity index (χ4n) is 2.12. The van der Waals surface area contributed by atoms with E-state index in [0.717, 1.165) is 0 Å². The minimum atomic E-state index is -0.959. The topological polar surface area (TPSA) is 87.5 Å². The summed E-state index contributed by atoms with van der Waals surface area (Å²) in [6.07, 6.45) is 0. The molecule has 0 saturated heterocycles. The summed E-state index contributed by atoms with van der Waals surface area (Å²) in [6.45, 7) is 1.67. The van der Waals surface area contributed by atoms with Crippen LogP contribution in [0.25, 0.3) is 5.76 Å². The number of nitrogens with one attached hydrogen (secondary N) is 1. The second-order valence-corrected chi connectivity index (χ2v) is 4.88. The lowest BCUT2D eigenvalue weighted by molar-refractivity contribution is -0.135. The Balaban J connectivity index is 2.56. The number of hydrogen-bond acceptors (Lipinski definition) is 5. The molecule has 122 valence electrons. The summed E-state index contributed by atoms with van der Waals surface area (Å²) in [7, 11) is 0. The zero-order valence-electron chi connectivity index (χ0n) is 13.2. The first kappa shape index (κ1) is 17.1. The smallest absolute Gasteiger partial charge is 0.357 e. The van der Waals surface area contributed by atoms with Crippen molar-refractivity contribution in [2.24, 2.45) is 0 Å². The van der Waals surface area contributed by atoms with E-state index in [9.17, 15) is 14.7 Å². The summed E-state index contributed by atoms with van der Waals surface area (Å²) in [6, 6.07) is 16.5. The van der Waals surface area contributed by atoms with Crippen molar-refractivity contribution in [1.82, 2.24) is 0 Å². The molecule has 2 rings (SSSR count). The van der Waals surface area contributed by atoms with E-state index in [2.05, 4.69) is 0 Å². The van der Waals surface area contributed by atoms with Crippen molar-refractivity contribution in [1.29, 1.82) is 5.41 Å². The molecule has 0 unspecified atom stereocenters. The molecule has 0 heterocycles. The lowest BCUT2D eigenvalue weighted by Crippen LogP contribution is -2.24. The van der Waals surface area contributed by atoms with Gasteiger partial charge >= 0.3 is 5.97 Å². The van der Waals surface area contributed by atoms with Crippen molar-refractivity contribution in [3.63, 3.8) is 0 Å². The Morgan fingerprint density at radius 2 is 1.46 bits per heavy atom. The second-order valence-electron chi connectivity index (χ2n) is 4.88. The molecule has 0 bridgehead atoms. The maximum absolute atomic E-state index is 12.7. The maximum Gasteiger partial charge on any atom is 0.357 e. The van der Waals surface area contributed by atoms with Crippen molar-refractivity contribution >= 4 is 23.2 Å². The Bertz CT molecular complexity index is 780. The van der Waals surface area contributed by atoms with Crippen molar-refractivity contribution in [2.75, 3.05) is 6.61 Å². The van der Waals surface area contributed by atoms with E-state index in [1.807, 2.05) is 0 Å². The highest BCUT2D eigenvalue weighted by Gasteiger charge is 2.27. The minimum absolute atomic E-state index is 0.0696. The molecule has 0 fully saturated rings. The van der Waals surface area contributed by atoms with Crippen molar-refractivity contribution in [2.45, 2.75) is 6.92 Å². The SMILES string of the molecule is CCOC(=O)C(=N)/C(C(=O)c1ccccc1)=C(/O)c1ccccc1. The van der Waals surface area contributed by atoms with Gasteiger partial charge in [0.1, 0.15) is 5.76 Å². The lowest BCUT2D eigenvalue weighted by atomic mass is 9.95. The number of Topliss-reactive ketones (excluding diaryl/α,β-unsaturated/α-hetero) is 1. The van der Waals surface area contributed by atoms with Crippen LogP contribution in [0, 0.1) is 5.41 Å². The highest BCUT2D eigenvalue weighted by molar-refractivity contribution is 6.51. The van der Waals surface area contributed by atoms with E-state index >= 15 is 0 Å². The van der Waals surface area contributed by atoms with Crippen LogP contribution >= 0.6 is 0 Å². The predicted octanol–water partition coefficient (Wildman–Crippen LogP) is 3.42. The van der Waals surface area contributed by atoms with Crippen molar-refractivity contribution in [3.05, 3.63) is 77.4 Å². The van der Waals surface area contributed by atoms with Crippen LogP contribution in [0.3, 0.4) is 0 Å². The van der Waals surface area contributed by atoms with E-state index in [4.69, 9.17) is 10.1 Å². The van der Waals surface area contributed by atoms with Gasteiger partial charge in [-0.3, -0.25) is 10.2 Å². The number of hydrogen-bond donors (Lipinski definition) is 2. The summed E-state index contributed by atoms with van der Waals surface area (Å²) in [5.74, 6) is -2.00. The number of esters is 1. The Labute approximate surface area is 139 Å². The summed E-state index contributed by atoms with van der Waals surface area (Å²) >= 11 is 0. The molecule has 0 aliphatic rings. The number of ether oxygens (including phenoxy) is 1. The van der Waals surface area contributed by atoms with E-state index < -0.39 is 23.2 Å². The number of carbonyl (C=O) groups is 2. The fourth-order valence-corrected chi connectivity index (χ4v) is 2.12. The summed E-state index contributed by atoms with van der Waals surface area (Å²) in [4.78, 5) is 24.7. The van der Waals surface area contributed by atoms with Gasteiger partial charge in [0.25, 0.3) is 0 Å². The molecule has 0 aliphatic carbocycles. The van der Waals surface area contributed by atoms with Crippen LogP contribution < -0.4 is 0 Å². The van der Waals surface area contributed by atoms with Gasteiger partial charge in [-0.25, -0.2) is 4.79 Å². The number of aliphatic hydroxyl groups excluding tert-OH is 1. The van der Waals surface area contributed by atoms with Gasteiger partial charge in [0.15, 0.2) is 11.5 Å². The van der Waals surface area contributed by atoms with E-state index in [0.29, 0.717) is 5.56 Å². The quantitative estimate of drug-likeness (QED) is 0.280. The zero-order valence-corrected chi connectivity index (χ0v) is 13.2. The van der Waals surface area contributed by atoms with Crippen LogP contribution in [0.15, 0.2) is 66.2 Å². The Morgan fingerprint density at radius 1 is 0.958 bits per heavy atom. The highest BCUT2D eigenvalue weighted by atomic mass is 16.5. The first-order valence-corrected chi connectivity index (χ1v) is 7.40. The molecule has 0 aromatic heterocycles. The third-order valence-corrected chi connectivity index (χ3v) is 3.28. The first-order valence-electron chi connectivity index (χ1n) is 7.40. The zero-order chi connectivity index (χ0) is 17.5. The lowest BCUT2D eigenvalue weighted by Gasteiger charge is -2.11. The number of carbonyl (C=O) groups excluding carboxylic acids is 2. The molecule has 0 saturated carbocycles. The molecule has 0 spiro atoms. The van der Waals surface area contributed by atoms with Gasteiger partial charge in [-0.1, -0.05) is 60.7 Å². The number of rotatable bonds is 6. The highest BCUT2D eigenvalue weighted by Crippen LogP contribution is 2.21. The summed E-state index contributed by atoms with van der Waals surface area (Å²) < 4.78 is 4.80. The Morgan fingerprint density at radius 3 is 1.96 bits per heavy atom. The molecular weight excluding hydrogens is 306 g/mol. The van der Waals surface area contributed by atoms with E-state index in [-0.39, 0.29) is 17.7 Å². The van der Waals surface area contributed by atoms with Crippen molar-refractivity contribution < 1.29 is 19.4 Å². The first-order chi connectivity index (χ1) is 11.6. The van der Waals surface area contributed by atoms with Crippen LogP contribution in [-0.2, 0) is 9.53 Å². The molecule has 2 aromatic carbocycles. The fraction of sp³-hybridized carbons (Fsp3) is 0.105. The van der Waals surface area contributed by atoms with E-state index in [1.54, 1.807) is 67.6 Å².